The monoisotopic (exact) mass is 308 g/mol. The van der Waals surface area contributed by atoms with E-state index in [0.29, 0.717) is 6.92 Å². The molecule has 0 spiro atoms. The molecule has 0 amide bonds. The highest BCUT2D eigenvalue weighted by Crippen LogP contribution is 2.82. The van der Waals surface area contributed by atoms with Crippen LogP contribution in [-0.2, 0) is 0 Å². The molecule has 0 saturated heterocycles. The molecule has 0 nitrogen and oxygen atoms in total. The minimum Gasteiger partial charge on any atom is -0.230 e. The molecule has 0 aromatic rings. The van der Waals surface area contributed by atoms with E-state index >= 15 is 0 Å². The van der Waals surface area contributed by atoms with E-state index in [2.05, 4.69) is 0 Å². The number of alkyl halides is 8. The predicted octanol–water partition coefficient (Wildman–Crippen LogP) is 4.53. The van der Waals surface area contributed by atoms with Crippen molar-refractivity contribution in [2.24, 2.45) is 10.8 Å². The lowest BCUT2D eigenvalue weighted by molar-refractivity contribution is -0.484. The van der Waals surface area contributed by atoms with Crippen molar-refractivity contribution in [1.29, 1.82) is 0 Å². The maximum atomic E-state index is 14.4. The van der Waals surface area contributed by atoms with Crippen molar-refractivity contribution in [3.8, 4) is 0 Å². The fourth-order valence-electron chi connectivity index (χ4n) is 4.66. The largest absolute Gasteiger partial charge is 0.326 e. The van der Waals surface area contributed by atoms with Crippen LogP contribution in [0.3, 0.4) is 0 Å². The Hall–Kier alpha value is -0.560. The third-order valence-electron chi connectivity index (χ3n) is 5.50. The highest BCUT2D eigenvalue weighted by atomic mass is 19.3. The van der Waals surface area contributed by atoms with Gasteiger partial charge >= 0.3 is 5.92 Å². The average Bonchev–Trinajstić information content (AvgIpc) is 2.22. The molecule has 4 saturated carbocycles. The quantitative estimate of drug-likeness (QED) is 0.577. The second-order valence-corrected chi connectivity index (χ2v) is 7.00. The maximum absolute atomic E-state index is 14.4. The summed E-state index contributed by atoms with van der Waals surface area (Å²) in [5.41, 5.74) is -14.3. The zero-order valence-corrected chi connectivity index (χ0v) is 10.6. The van der Waals surface area contributed by atoms with Crippen molar-refractivity contribution in [2.75, 3.05) is 0 Å². The first-order valence-electron chi connectivity index (χ1n) is 6.13. The fourth-order valence-corrected chi connectivity index (χ4v) is 4.66. The molecule has 4 bridgehead atoms. The van der Waals surface area contributed by atoms with Crippen LogP contribution in [0.4, 0.5) is 35.1 Å². The number of hydrogen-bond acceptors (Lipinski definition) is 0. The first kappa shape index (κ1) is 14.4. The minimum atomic E-state index is -5.44. The van der Waals surface area contributed by atoms with Gasteiger partial charge in [-0.2, -0.15) is 8.78 Å². The second-order valence-electron chi connectivity index (χ2n) is 7.00. The summed E-state index contributed by atoms with van der Waals surface area (Å²) in [6, 6.07) is 0. The van der Waals surface area contributed by atoms with Gasteiger partial charge in [-0.3, -0.25) is 0 Å². The molecule has 20 heavy (non-hydrogen) atoms. The van der Waals surface area contributed by atoms with Gasteiger partial charge in [0.1, 0.15) is 5.41 Å². The zero-order chi connectivity index (χ0) is 15.6. The molecule has 8 heteroatoms. The van der Waals surface area contributed by atoms with Gasteiger partial charge in [0, 0.05) is 0 Å². The number of rotatable bonds is 0. The van der Waals surface area contributed by atoms with Crippen molar-refractivity contribution < 1.29 is 35.1 Å². The SMILES string of the molecule is CC12CC3(C)C(F)(F)C(F)(C1)C(F)(F)C(F)(C2)C3(F)F. The van der Waals surface area contributed by atoms with E-state index in [-0.39, 0.29) is 0 Å². The molecule has 4 rings (SSSR count). The van der Waals surface area contributed by atoms with E-state index in [1.165, 1.54) is 0 Å². The van der Waals surface area contributed by atoms with Crippen molar-refractivity contribution in [3.63, 3.8) is 0 Å². The Morgan fingerprint density at radius 2 is 0.900 bits per heavy atom. The first-order chi connectivity index (χ1) is 8.62. The molecule has 4 fully saturated rings. The Morgan fingerprint density at radius 3 is 1.25 bits per heavy atom. The van der Waals surface area contributed by atoms with Crippen LogP contribution in [0.5, 0.6) is 0 Å². The lowest BCUT2D eigenvalue weighted by Gasteiger charge is -2.71. The van der Waals surface area contributed by atoms with Crippen molar-refractivity contribution in [3.05, 3.63) is 0 Å². The summed E-state index contributed by atoms with van der Waals surface area (Å²) in [4.78, 5) is 0. The maximum Gasteiger partial charge on any atom is 0.326 e. The van der Waals surface area contributed by atoms with Crippen LogP contribution in [-0.4, -0.2) is 29.1 Å². The Bertz CT molecular complexity index is 406. The Kier molecular flexibility index (Phi) is 2.04. The zero-order valence-electron chi connectivity index (χ0n) is 10.6. The topological polar surface area (TPSA) is 0 Å². The van der Waals surface area contributed by atoms with E-state index < -0.39 is 59.2 Å². The molecular formula is C12H12F8. The molecule has 4 aliphatic rings. The van der Waals surface area contributed by atoms with Crippen LogP contribution in [0.25, 0.3) is 0 Å². The van der Waals surface area contributed by atoms with E-state index in [0.717, 1.165) is 6.92 Å². The molecular weight excluding hydrogens is 296 g/mol. The first-order valence-corrected chi connectivity index (χ1v) is 6.13. The lowest BCUT2D eigenvalue weighted by atomic mass is 9.38. The summed E-state index contributed by atoms with van der Waals surface area (Å²) >= 11 is 0. The molecule has 2 unspecified atom stereocenters. The predicted molar refractivity (Wildman–Crippen MR) is 52.6 cm³/mol. The Morgan fingerprint density at radius 1 is 0.550 bits per heavy atom. The van der Waals surface area contributed by atoms with Gasteiger partial charge in [-0.05, 0) is 31.6 Å². The third-order valence-corrected chi connectivity index (χ3v) is 5.50. The van der Waals surface area contributed by atoms with Gasteiger partial charge in [-0.25, -0.2) is 26.3 Å². The fraction of sp³-hybridized carbons (Fsp3) is 1.00. The highest BCUT2D eigenvalue weighted by Gasteiger charge is 3.00. The summed E-state index contributed by atoms with van der Waals surface area (Å²) in [5.74, 6) is -15.5. The standard InChI is InChI=1S/C12H12F8/c1-6-3-7(2)10(15,16)8(13,4-6)12(19,20)9(14,5-6)11(7,17)18/h3-5H2,1-2H3. The van der Waals surface area contributed by atoms with Crippen molar-refractivity contribution >= 4 is 0 Å². The van der Waals surface area contributed by atoms with Crippen LogP contribution < -0.4 is 0 Å². The molecule has 0 aromatic heterocycles. The molecule has 0 radical (unpaired) electrons. The van der Waals surface area contributed by atoms with Gasteiger partial charge in [-0.15, -0.1) is 0 Å². The summed E-state index contributed by atoms with van der Waals surface area (Å²) < 4.78 is 113. The molecule has 0 aromatic carbocycles. The van der Waals surface area contributed by atoms with Gasteiger partial charge < -0.3 is 0 Å². The molecule has 0 aliphatic heterocycles. The van der Waals surface area contributed by atoms with Crippen LogP contribution in [0.1, 0.15) is 33.1 Å². The van der Waals surface area contributed by atoms with Crippen LogP contribution in [0.2, 0.25) is 0 Å². The summed E-state index contributed by atoms with van der Waals surface area (Å²) in [6.07, 6.45) is -3.54. The number of hydrogen-bond donors (Lipinski definition) is 0. The molecule has 4 aliphatic carbocycles. The van der Waals surface area contributed by atoms with Crippen molar-refractivity contribution in [1.82, 2.24) is 0 Å². The Balaban J connectivity index is 2.40. The average molecular weight is 308 g/mol. The van der Waals surface area contributed by atoms with Crippen LogP contribution >= 0.6 is 0 Å². The van der Waals surface area contributed by atoms with Gasteiger partial charge in [0.05, 0.1) is 0 Å². The van der Waals surface area contributed by atoms with Gasteiger partial charge in [-0.1, -0.05) is 6.92 Å². The lowest BCUT2D eigenvalue weighted by Crippen LogP contribution is -2.90. The van der Waals surface area contributed by atoms with Gasteiger partial charge in [0.15, 0.2) is 0 Å². The Labute approximate surface area is 109 Å². The second kappa shape index (κ2) is 2.84. The van der Waals surface area contributed by atoms with Gasteiger partial charge in [0.2, 0.25) is 11.3 Å². The van der Waals surface area contributed by atoms with E-state index in [9.17, 15) is 35.1 Å². The van der Waals surface area contributed by atoms with E-state index in [4.69, 9.17) is 0 Å². The molecule has 0 N–H and O–H groups in total. The number of halogens is 8. The molecule has 2 atom stereocenters. The van der Waals surface area contributed by atoms with E-state index in [1.54, 1.807) is 0 Å². The summed E-state index contributed by atoms with van der Waals surface area (Å²) in [6.45, 7) is 1.41. The minimum absolute atomic E-state index is 0.307. The normalized spacial score (nSPS) is 57.9. The third kappa shape index (κ3) is 0.924. The summed E-state index contributed by atoms with van der Waals surface area (Å²) in [7, 11) is 0. The van der Waals surface area contributed by atoms with Crippen molar-refractivity contribution in [2.45, 2.75) is 62.2 Å². The van der Waals surface area contributed by atoms with Crippen LogP contribution in [0.15, 0.2) is 0 Å². The van der Waals surface area contributed by atoms with Crippen LogP contribution in [0, 0.1) is 10.8 Å². The van der Waals surface area contributed by atoms with Gasteiger partial charge in [0.25, 0.3) is 11.8 Å². The summed E-state index contributed by atoms with van der Waals surface area (Å²) in [5, 5.41) is 0. The smallest absolute Gasteiger partial charge is 0.230 e. The van der Waals surface area contributed by atoms with E-state index in [1.807, 2.05) is 0 Å². The molecule has 116 valence electrons. The highest BCUT2D eigenvalue weighted by molar-refractivity contribution is 5.37. The molecule has 0 heterocycles.